The first-order chi connectivity index (χ1) is 6.54. The summed E-state index contributed by atoms with van der Waals surface area (Å²) in [5.74, 6) is 0.762. The van der Waals surface area contributed by atoms with Crippen molar-refractivity contribution < 1.29 is 0 Å². The topological polar surface area (TPSA) is 6.48 Å². The van der Waals surface area contributed by atoms with E-state index in [-0.39, 0.29) is 0 Å². The Labute approximate surface area is 96.8 Å². The Bertz CT molecular complexity index is 160. The molecule has 1 heterocycles. The van der Waals surface area contributed by atoms with Gasteiger partial charge in [0.25, 0.3) is 0 Å². The Hall–Kier alpha value is 0.400. The molecule has 1 aliphatic heterocycles. The molecule has 0 bridgehead atoms. The van der Waals surface area contributed by atoms with Crippen molar-refractivity contribution in [3.05, 3.63) is 0 Å². The molecule has 1 fully saturated rings. The minimum Gasteiger partial charge on any atom is -0.300 e. The maximum atomic E-state index is 3.55. The van der Waals surface area contributed by atoms with E-state index in [4.69, 9.17) is 0 Å². The van der Waals surface area contributed by atoms with Gasteiger partial charge < -0.3 is 0 Å². The number of rotatable bonds is 3. The quantitative estimate of drug-likeness (QED) is 0.719. The van der Waals surface area contributed by atoms with Crippen molar-refractivity contribution >= 4 is 15.9 Å². The molecule has 0 aromatic carbocycles. The van der Waals surface area contributed by atoms with Crippen LogP contribution in [0, 0.1) is 5.92 Å². The van der Waals surface area contributed by atoms with Gasteiger partial charge in [-0.15, -0.1) is 0 Å². The molecule has 0 spiro atoms. The van der Waals surface area contributed by atoms with Crippen LogP contribution in [-0.4, -0.2) is 53.9 Å². The van der Waals surface area contributed by atoms with Gasteiger partial charge in [0.1, 0.15) is 0 Å². The Morgan fingerprint density at radius 3 is 2.21 bits per heavy atom. The average Bonchev–Trinajstić information content (AvgIpc) is 2.14. The van der Waals surface area contributed by atoms with E-state index in [2.05, 4.69) is 53.5 Å². The molecule has 84 valence electrons. The highest BCUT2D eigenvalue weighted by atomic mass is 79.9. The molecule has 0 amide bonds. The first-order valence-corrected chi connectivity index (χ1v) is 6.67. The number of nitrogens with zero attached hydrogens (tertiary/aromatic N) is 2. The highest BCUT2D eigenvalue weighted by Gasteiger charge is 2.26. The van der Waals surface area contributed by atoms with Gasteiger partial charge in [-0.2, -0.15) is 0 Å². The van der Waals surface area contributed by atoms with Crippen LogP contribution in [0.15, 0.2) is 0 Å². The van der Waals surface area contributed by atoms with E-state index < -0.39 is 0 Å². The molecule has 3 heteroatoms. The molecule has 0 radical (unpaired) electrons. The molecule has 0 N–H and O–H groups in total. The fourth-order valence-corrected chi connectivity index (χ4v) is 2.36. The van der Waals surface area contributed by atoms with E-state index in [0.29, 0.717) is 12.1 Å². The number of piperazine rings is 1. The molecule has 1 saturated heterocycles. The van der Waals surface area contributed by atoms with Crippen LogP contribution in [-0.2, 0) is 0 Å². The summed E-state index contributed by atoms with van der Waals surface area (Å²) in [5, 5.41) is 1.11. The fraction of sp³-hybridized carbons (Fsp3) is 1.00. The number of halogens is 1. The predicted molar refractivity (Wildman–Crippen MR) is 66.1 cm³/mol. The highest BCUT2D eigenvalue weighted by Crippen LogP contribution is 2.15. The van der Waals surface area contributed by atoms with Crippen LogP contribution in [0.2, 0.25) is 0 Å². The second-order valence-electron chi connectivity index (χ2n) is 4.84. The minimum atomic E-state index is 0.696. The van der Waals surface area contributed by atoms with Gasteiger partial charge in [0.15, 0.2) is 0 Å². The van der Waals surface area contributed by atoms with Gasteiger partial charge in [-0.25, -0.2) is 0 Å². The number of hydrogen-bond donors (Lipinski definition) is 0. The van der Waals surface area contributed by atoms with Crippen molar-refractivity contribution in [3.8, 4) is 0 Å². The Morgan fingerprint density at radius 2 is 1.79 bits per heavy atom. The maximum Gasteiger partial charge on any atom is 0.0195 e. The third kappa shape index (κ3) is 3.21. The molecule has 1 aliphatic rings. The monoisotopic (exact) mass is 262 g/mol. The third-order valence-electron chi connectivity index (χ3n) is 3.27. The van der Waals surface area contributed by atoms with Gasteiger partial charge in [0.2, 0.25) is 0 Å². The van der Waals surface area contributed by atoms with Crippen LogP contribution >= 0.6 is 15.9 Å². The fourth-order valence-electron chi connectivity index (χ4n) is 2.15. The summed E-state index contributed by atoms with van der Waals surface area (Å²) in [6.45, 7) is 10.6. The van der Waals surface area contributed by atoms with Crippen molar-refractivity contribution in [1.29, 1.82) is 0 Å². The molecule has 3 unspecified atom stereocenters. The molecule has 3 atom stereocenters. The van der Waals surface area contributed by atoms with Crippen LogP contribution in [0.5, 0.6) is 0 Å². The molecule has 0 aromatic heterocycles. The van der Waals surface area contributed by atoms with E-state index >= 15 is 0 Å². The molecule has 0 aromatic rings. The van der Waals surface area contributed by atoms with Crippen molar-refractivity contribution in [2.24, 2.45) is 5.92 Å². The van der Waals surface area contributed by atoms with Gasteiger partial charge in [-0.05, 0) is 26.8 Å². The molecular formula is C11H23BrN2. The van der Waals surface area contributed by atoms with Crippen LogP contribution in [0.1, 0.15) is 20.8 Å². The smallest absolute Gasteiger partial charge is 0.0195 e. The van der Waals surface area contributed by atoms with E-state index in [9.17, 15) is 0 Å². The van der Waals surface area contributed by atoms with Crippen molar-refractivity contribution in [3.63, 3.8) is 0 Å². The molecular weight excluding hydrogens is 240 g/mol. The van der Waals surface area contributed by atoms with Crippen LogP contribution in [0.25, 0.3) is 0 Å². The van der Waals surface area contributed by atoms with Crippen molar-refractivity contribution in [1.82, 2.24) is 9.80 Å². The Morgan fingerprint density at radius 1 is 1.29 bits per heavy atom. The second kappa shape index (κ2) is 5.47. The average molecular weight is 263 g/mol. The molecule has 0 aliphatic carbocycles. The van der Waals surface area contributed by atoms with Gasteiger partial charge >= 0.3 is 0 Å². The lowest BCUT2D eigenvalue weighted by atomic mass is 10.1. The van der Waals surface area contributed by atoms with Gasteiger partial charge in [-0.1, -0.05) is 22.9 Å². The summed E-state index contributed by atoms with van der Waals surface area (Å²) < 4.78 is 0. The molecule has 1 rings (SSSR count). The number of alkyl halides is 1. The van der Waals surface area contributed by atoms with E-state index in [1.807, 2.05) is 0 Å². The standard InChI is InChI=1S/C11H23BrN2/c1-9(5-12)6-14-7-10(2)13(4)11(3)8-14/h9-11H,5-8H2,1-4H3. The van der Waals surface area contributed by atoms with Gasteiger partial charge in [-0.3, -0.25) is 9.80 Å². The lowest BCUT2D eigenvalue weighted by Crippen LogP contribution is -2.55. The zero-order valence-electron chi connectivity index (χ0n) is 9.83. The van der Waals surface area contributed by atoms with Crippen LogP contribution in [0.3, 0.4) is 0 Å². The lowest BCUT2D eigenvalue weighted by molar-refractivity contribution is 0.0540. The molecule has 2 nitrogen and oxygen atoms in total. The summed E-state index contributed by atoms with van der Waals surface area (Å²) in [7, 11) is 2.24. The zero-order valence-corrected chi connectivity index (χ0v) is 11.4. The predicted octanol–water partition coefficient (Wildman–Crippen LogP) is 2.04. The highest BCUT2D eigenvalue weighted by molar-refractivity contribution is 9.09. The Kier molecular flexibility index (Phi) is 4.88. The van der Waals surface area contributed by atoms with Crippen LogP contribution < -0.4 is 0 Å². The van der Waals surface area contributed by atoms with Crippen molar-refractivity contribution in [2.45, 2.75) is 32.9 Å². The lowest BCUT2D eigenvalue weighted by Gasteiger charge is -2.43. The summed E-state index contributed by atoms with van der Waals surface area (Å²) in [6, 6.07) is 1.39. The summed E-state index contributed by atoms with van der Waals surface area (Å²) in [5.41, 5.74) is 0. The molecule has 14 heavy (non-hydrogen) atoms. The Balaban J connectivity index is 2.41. The summed E-state index contributed by atoms with van der Waals surface area (Å²) >= 11 is 3.55. The first-order valence-electron chi connectivity index (χ1n) is 5.54. The maximum absolute atomic E-state index is 3.55. The van der Waals surface area contributed by atoms with E-state index in [1.54, 1.807) is 0 Å². The zero-order chi connectivity index (χ0) is 10.7. The minimum absolute atomic E-state index is 0.696. The van der Waals surface area contributed by atoms with E-state index in [0.717, 1.165) is 11.2 Å². The molecule has 0 saturated carbocycles. The van der Waals surface area contributed by atoms with Gasteiger partial charge in [0, 0.05) is 37.0 Å². The normalized spacial score (nSPS) is 33.2. The SMILES string of the molecule is CC(CBr)CN1CC(C)N(C)C(C)C1. The largest absolute Gasteiger partial charge is 0.300 e. The van der Waals surface area contributed by atoms with Crippen molar-refractivity contribution in [2.75, 3.05) is 32.0 Å². The second-order valence-corrected chi connectivity index (χ2v) is 5.49. The third-order valence-corrected chi connectivity index (χ3v) is 4.37. The summed E-state index contributed by atoms with van der Waals surface area (Å²) in [4.78, 5) is 5.08. The number of likely N-dealkylation sites (N-methyl/N-ethyl adjacent to an activating group) is 1. The summed E-state index contributed by atoms with van der Waals surface area (Å²) in [6.07, 6.45) is 0. The van der Waals surface area contributed by atoms with Gasteiger partial charge in [0.05, 0.1) is 0 Å². The first kappa shape index (κ1) is 12.5. The number of hydrogen-bond acceptors (Lipinski definition) is 2. The van der Waals surface area contributed by atoms with E-state index in [1.165, 1.54) is 19.6 Å². The van der Waals surface area contributed by atoms with Crippen LogP contribution in [0.4, 0.5) is 0 Å².